The van der Waals surface area contributed by atoms with Crippen molar-refractivity contribution in [3.63, 3.8) is 0 Å². The van der Waals surface area contributed by atoms with Crippen LogP contribution in [0.1, 0.15) is 12.7 Å². The number of aromatic nitrogens is 2. The van der Waals surface area contributed by atoms with Crippen molar-refractivity contribution in [3.8, 4) is 0 Å². The predicted octanol–water partition coefficient (Wildman–Crippen LogP) is 0.807. The lowest BCUT2D eigenvalue weighted by atomic mass is 10.3. The molecule has 0 aliphatic carbocycles. The number of nitrogens with zero attached hydrogens (tertiary/aromatic N) is 2. The standard InChI is InChI=1S/C12H14Cl3N2.HI/c1-3-16-8(2)17(5-4-13)12-7-10(15)9(14)6-11(12)16;/h6-7H,3-5H2,1-2H3;1H/q+1;/p-1. The quantitative estimate of drug-likeness (QED) is 0.396. The number of alkyl halides is 1. The van der Waals surface area contributed by atoms with E-state index in [1.165, 1.54) is 5.82 Å². The molecule has 1 aromatic heterocycles. The van der Waals surface area contributed by atoms with Crippen LogP contribution < -0.4 is 28.5 Å². The fourth-order valence-electron chi connectivity index (χ4n) is 2.22. The van der Waals surface area contributed by atoms with E-state index in [4.69, 9.17) is 34.8 Å². The summed E-state index contributed by atoms with van der Waals surface area (Å²) in [5.41, 5.74) is 2.18. The van der Waals surface area contributed by atoms with Crippen molar-refractivity contribution in [2.75, 3.05) is 5.88 Å². The predicted molar refractivity (Wildman–Crippen MR) is 73.3 cm³/mol. The van der Waals surface area contributed by atoms with Crippen LogP contribution >= 0.6 is 34.8 Å². The van der Waals surface area contributed by atoms with Crippen molar-refractivity contribution >= 4 is 45.8 Å². The molecule has 0 saturated carbocycles. The highest BCUT2D eigenvalue weighted by Gasteiger charge is 2.21. The first kappa shape index (κ1) is 16.3. The molecule has 6 heteroatoms. The van der Waals surface area contributed by atoms with Gasteiger partial charge in [-0.15, -0.1) is 11.6 Å². The van der Waals surface area contributed by atoms with Gasteiger partial charge in [0.05, 0.1) is 22.5 Å². The van der Waals surface area contributed by atoms with Gasteiger partial charge in [-0.1, -0.05) is 23.2 Å². The fraction of sp³-hybridized carbons (Fsp3) is 0.417. The zero-order valence-corrected chi connectivity index (χ0v) is 14.6. The van der Waals surface area contributed by atoms with Crippen molar-refractivity contribution < 1.29 is 28.5 Å². The third-order valence-corrected chi connectivity index (χ3v) is 3.90. The summed E-state index contributed by atoms with van der Waals surface area (Å²) in [6.07, 6.45) is 0. The van der Waals surface area contributed by atoms with Crippen LogP contribution in [-0.4, -0.2) is 10.4 Å². The summed E-state index contributed by atoms with van der Waals surface area (Å²) in [6.45, 7) is 5.86. The molecule has 1 heterocycles. The average molecular weight is 420 g/mol. The van der Waals surface area contributed by atoms with E-state index >= 15 is 0 Å². The van der Waals surface area contributed by atoms with Gasteiger partial charge in [0.1, 0.15) is 6.54 Å². The number of benzene rings is 1. The fourth-order valence-corrected chi connectivity index (χ4v) is 2.70. The Balaban J connectivity index is 0.00000162. The van der Waals surface area contributed by atoms with E-state index in [1.807, 2.05) is 12.1 Å². The lowest BCUT2D eigenvalue weighted by Crippen LogP contribution is -3.00. The van der Waals surface area contributed by atoms with Crippen LogP contribution in [0.3, 0.4) is 0 Å². The smallest absolute Gasteiger partial charge is 0.254 e. The molecule has 0 spiro atoms. The van der Waals surface area contributed by atoms with Gasteiger partial charge in [-0.25, -0.2) is 9.13 Å². The van der Waals surface area contributed by atoms with Gasteiger partial charge in [0.15, 0.2) is 11.0 Å². The molecule has 2 aromatic rings. The number of halogens is 4. The number of hydrogen-bond donors (Lipinski definition) is 0. The summed E-state index contributed by atoms with van der Waals surface area (Å²) in [5.74, 6) is 1.75. The van der Waals surface area contributed by atoms with Crippen LogP contribution in [0.4, 0.5) is 0 Å². The lowest BCUT2D eigenvalue weighted by molar-refractivity contribution is -0.674. The highest BCUT2D eigenvalue weighted by Crippen LogP contribution is 2.27. The SMILES string of the molecule is CCn1c(C)[n+](CCCl)c2cc(Cl)c(Cl)cc21.[I-]. The second-order valence-corrected chi connectivity index (χ2v) is 5.08. The highest BCUT2D eigenvalue weighted by molar-refractivity contribution is 6.42. The lowest BCUT2D eigenvalue weighted by Gasteiger charge is -1.97. The van der Waals surface area contributed by atoms with Crippen LogP contribution in [0, 0.1) is 6.92 Å². The van der Waals surface area contributed by atoms with Gasteiger partial charge in [0.25, 0.3) is 5.82 Å². The summed E-state index contributed by atoms with van der Waals surface area (Å²) in [7, 11) is 0. The van der Waals surface area contributed by atoms with Gasteiger partial charge < -0.3 is 24.0 Å². The number of aryl methyl sites for hydroxylation is 2. The minimum Gasteiger partial charge on any atom is -1.00 e. The van der Waals surface area contributed by atoms with Crippen LogP contribution in [-0.2, 0) is 13.1 Å². The van der Waals surface area contributed by atoms with E-state index in [0.29, 0.717) is 15.9 Å². The first-order valence-electron chi connectivity index (χ1n) is 5.53. The van der Waals surface area contributed by atoms with Crippen LogP contribution in [0.2, 0.25) is 10.0 Å². The van der Waals surface area contributed by atoms with E-state index in [9.17, 15) is 0 Å². The molecular formula is C12H14Cl3IN2. The van der Waals surface area contributed by atoms with E-state index in [-0.39, 0.29) is 24.0 Å². The Hall–Kier alpha value is 0.290. The molecule has 2 rings (SSSR count). The maximum absolute atomic E-state index is 6.08. The molecule has 0 unspecified atom stereocenters. The van der Waals surface area contributed by atoms with Gasteiger partial charge in [0, 0.05) is 19.1 Å². The molecule has 100 valence electrons. The Morgan fingerprint density at radius 1 is 1.22 bits per heavy atom. The Bertz CT molecular complexity index is 566. The van der Waals surface area contributed by atoms with Gasteiger partial charge in [-0.05, 0) is 6.92 Å². The third-order valence-electron chi connectivity index (χ3n) is 3.00. The maximum Gasteiger partial charge on any atom is 0.254 e. The number of hydrogen-bond acceptors (Lipinski definition) is 0. The summed E-state index contributed by atoms with van der Waals surface area (Å²) >= 11 is 18.0. The molecule has 0 N–H and O–H groups in total. The zero-order valence-electron chi connectivity index (χ0n) is 10.2. The minimum absolute atomic E-state index is 0. The molecule has 0 aliphatic heterocycles. The van der Waals surface area contributed by atoms with Gasteiger partial charge in [0.2, 0.25) is 0 Å². The van der Waals surface area contributed by atoms with Crippen molar-refractivity contribution in [1.82, 2.24) is 4.57 Å². The normalized spacial score (nSPS) is 10.7. The molecule has 0 amide bonds. The molecule has 18 heavy (non-hydrogen) atoms. The molecule has 0 saturated heterocycles. The second kappa shape index (κ2) is 6.64. The van der Waals surface area contributed by atoms with E-state index in [2.05, 4.69) is 23.0 Å². The third kappa shape index (κ3) is 2.74. The topological polar surface area (TPSA) is 8.81 Å². The largest absolute Gasteiger partial charge is 1.00 e. The molecule has 2 nitrogen and oxygen atoms in total. The van der Waals surface area contributed by atoms with E-state index in [1.54, 1.807) is 0 Å². The van der Waals surface area contributed by atoms with Gasteiger partial charge in [-0.3, -0.25) is 0 Å². The zero-order chi connectivity index (χ0) is 12.6. The Morgan fingerprint density at radius 3 is 2.39 bits per heavy atom. The molecule has 0 radical (unpaired) electrons. The van der Waals surface area contributed by atoms with E-state index < -0.39 is 0 Å². The van der Waals surface area contributed by atoms with Crippen LogP contribution in [0.5, 0.6) is 0 Å². The van der Waals surface area contributed by atoms with Gasteiger partial charge in [-0.2, -0.15) is 0 Å². The Morgan fingerprint density at radius 2 is 1.83 bits per heavy atom. The molecular weight excluding hydrogens is 405 g/mol. The van der Waals surface area contributed by atoms with E-state index in [0.717, 1.165) is 24.1 Å². The van der Waals surface area contributed by atoms with Crippen molar-refractivity contribution in [2.24, 2.45) is 0 Å². The maximum atomic E-state index is 6.08. The van der Waals surface area contributed by atoms with Crippen LogP contribution in [0.25, 0.3) is 11.0 Å². The molecule has 0 fully saturated rings. The van der Waals surface area contributed by atoms with Crippen LogP contribution in [0.15, 0.2) is 12.1 Å². The molecule has 0 bridgehead atoms. The van der Waals surface area contributed by atoms with Crippen molar-refractivity contribution in [3.05, 3.63) is 28.0 Å². The van der Waals surface area contributed by atoms with Crippen molar-refractivity contribution in [1.29, 1.82) is 0 Å². The summed E-state index contributed by atoms with van der Waals surface area (Å²) in [4.78, 5) is 0. The Kier molecular flexibility index (Phi) is 6.03. The average Bonchev–Trinajstić information content (AvgIpc) is 2.54. The summed E-state index contributed by atoms with van der Waals surface area (Å²) in [6, 6.07) is 3.82. The Labute approximate surface area is 139 Å². The number of imidazole rings is 1. The first-order chi connectivity index (χ1) is 8.10. The first-order valence-corrected chi connectivity index (χ1v) is 6.82. The molecule has 1 aromatic carbocycles. The minimum atomic E-state index is 0. The van der Waals surface area contributed by atoms with Crippen molar-refractivity contribution in [2.45, 2.75) is 26.9 Å². The molecule has 0 aliphatic rings. The van der Waals surface area contributed by atoms with Gasteiger partial charge >= 0.3 is 0 Å². The monoisotopic (exact) mass is 418 g/mol. The second-order valence-electron chi connectivity index (χ2n) is 3.89. The summed E-state index contributed by atoms with van der Waals surface area (Å²) < 4.78 is 4.39. The number of rotatable bonds is 3. The number of fused-ring (bicyclic) bond motifs is 1. The summed E-state index contributed by atoms with van der Waals surface area (Å²) in [5, 5.41) is 1.17. The molecule has 0 atom stereocenters. The highest BCUT2D eigenvalue weighted by atomic mass is 127.